The first-order chi connectivity index (χ1) is 16.3. The lowest BCUT2D eigenvalue weighted by Gasteiger charge is -2.26. The molecule has 2 aliphatic rings. The highest BCUT2D eigenvalue weighted by molar-refractivity contribution is 6.10. The molecular formula is C28H36N2O3. The van der Waals surface area contributed by atoms with E-state index in [0.717, 1.165) is 46.1 Å². The molecule has 176 valence electrons. The third kappa shape index (κ3) is 5.53. The van der Waals surface area contributed by atoms with Gasteiger partial charge in [-0.15, -0.1) is 0 Å². The summed E-state index contributed by atoms with van der Waals surface area (Å²) in [7, 11) is 0. The molecule has 0 aliphatic carbocycles. The number of hydrogen-bond acceptors (Lipinski definition) is 5. The predicted octanol–water partition coefficient (Wildman–Crippen LogP) is 5.43. The minimum Gasteiger partial charge on any atom is -0.507 e. The van der Waals surface area contributed by atoms with Crippen LogP contribution in [0.25, 0.3) is 21.5 Å². The van der Waals surface area contributed by atoms with Crippen molar-refractivity contribution in [1.29, 1.82) is 0 Å². The Labute approximate surface area is 196 Å². The van der Waals surface area contributed by atoms with Crippen molar-refractivity contribution in [2.24, 2.45) is 0 Å². The van der Waals surface area contributed by atoms with Crippen LogP contribution < -0.4 is 9.47 Å². The Bertz CT molecular complexity index is 1070. The number of ether oxygens (including phenoxy) is 2. The smallest absolute Gasteiger partial charge is 0.124 e. The van der Waals surface area contributed by atoms with Gasteiger partial charge in [0.1, 0.15) is 30.5 Å². The molecule has 0 bridgehead atoms. The number of nitrogens with zero attached hydrogens (tertiary/aromatic N) is 2. The van der Waals surface area contributed by atoms with Gasteiger partial charge in [-0.05, 0) is 104 Å². The van der Waals surface area contributed by atoms with Crippen LogP contribution in [-0.4, -0.2) is 67.4 Å². The van der Waals surface area contributed by atoms with E-state index in [2.05, 4.69) is 21.9 Å². The van der Waals surface area contributed by atoms with Gasteiger partial charge >= 0.3 is 0 Å². The fraction of sp³-hybridized carbons (Fsp3) is 0.500. The maximum absolute atomic E-state index is 10.7. The number of rotatable bonds is 8. The van der Waals surface area contributed by atoms with E-state index in [-0.39, 0.29) is 5.75 Å². The second-order valence-electron chi connectivity index (χ2n) is 9.49. The largest absolute Gasteiger partial charge is 0.507 e. The van der Waals surface area contributed by atoms with Crippen LogP contribution in [0.5, 0.6) is 17.2 Å². The van der Waals surface area contributed by atoms with Gasteiger partial charge in [-0.2, -0.15) is 0 Å². The fourth-order valence-corrected chi connectivity index (χ4v) is 5.23. The summed E-state index contributed by atoms with van der Waals surface area (Å²) in [5.74, 6) is 1.95. The normalized spacial score (nSPS) is 18.1. The van der Waals surface area contributed by atoms with Crippen LogP contribution in [0.2, 0.25) is 0 Å². The van der Waals surface area contributed by atoms with Crippen LogP contribution >= 0.6 is 0 Å². The maximum Gasteiger partial charge on any atom is 0.124 e. The van der Waals surface area contributed by atoms with Gasteiger partial charge < -0.3 is 14.6 Å². The zero-order chi connectivity index (χ0) is 22.5. The third-order valence-corrected chi connectivity index (χ3v) is 7.12. The molecule has 2 fully saturated rings. The van der Waals surface area contributed by atoms with Crippen LogP contribution in [0.3, 0.4) is 0 Å². The molecule has 0 amide bonds. The Hall–Kier alpha value is -2.50. The van der Waals surface area contributed by atoms with Crippen molar-refractivity contribution in [3.63, 3.8) is 0 Å². The summed E-state index contributed by atoms with van der Waals surface area (Å²) in [5.41, 5.74) is 0. The summed E-state index contributed by atoms with van der Waals surface area (Å²) in [6.45, 7) is 8.04. The van der Waals surface area contributed by atoms with Gasteiger partial charge in [0.2, 0.25) is 0 Å². The van der Waals surface area contributed by atoms with Gasteiger partial charge in [-0.25, -0.2) is 0 Å². The number of benzene rings is 3. The summed E-state index contributed by atoms with van der Waals surface area (Å²) in [6.07, 6.45) is 7.89. The highest BCUT2D eigenvalue weighted by Crippen LogP contribution is 2.36. The molecule has 5 rings (SSSR count). The fourth-order valence-electron chi connectivity index (χ4n) is 5.23. The van der Waals surface area contributed by atoms with E-state index in [1.54, 1.807) is 0 Å². The van der Waals surface area contributed by atoms with Crippen molar-refractivity contribution in [3.8, 4) is 17.2 Å². The van der Waals surface area contributed by atoms with Gasteiger partial charge in [-0.3, -0.25) is 9.80 Å². The second kappa shape index (κ2) is 10.6. The van der Waals surface area contributed by atoms with Crippen LogP contribution in [-0.2, 0) is 0 Å². The molecule has 0 radical (unpaired) electrons. The van der Waals surface area contributed by atoms with Crippen LogP contribution in [0.4, 0.5) is 0 Å². The van der Waals surface area contributed by atoms with Gasteiger partial charge in [0, 0.05) is 18.5 Å². The number of piperidine rings is 2. The average molecular weight is 449 g/mol. The van der Waals surface area contributed by atoms with Gasteiger partial charge in [0.25, 0.3) is 0 Å². The molecule has 2 heterocycles. The van der Waals surface area contributed by atoms with E-state index in [1.165, 1.54) is 64.7 Å². The van der Waals surface area contributed by atoms with E-state index < -0.39 is 0 Å². The number of phenolic OH excluding ortho intramolecular Hbond substituents is 1. The average Bonchev–Trinajstić information content (AvgIpc) is 2.85. The van der Waals surface area contributed by atoms with Crippen LogP contribution in [0.1, 0.15) is 38.5 Å². The number of likely N-dealkylation sites (tertiary alicyclic amines) is 2. The van der Waals surface area contributed by atoms with Crippen LogP contribution in [0.15, 0.2) is 42.5 Å². The maximum atomic E-state index is 10.7. The van der Waals surface area contributed by atoms with E-state index >= 15 is 0 Å². The number of fused-ring (bicyclic) bond motifs is 3. The number of hydrogen-bond donors (Lipinski definition) is 1. The van der Waals surface area contributed by atoms with Crippen molar-refractivity contribution < 1.29 is 14.6 Å². The summed E-state index contributed by atoms with van der Waals surface area (Å²) in [5, 5.41) is 14.7. The van der Waals surface area contributed by atoms with Gasteiger partial charge in [0.15, 0.2) is 0 Å². The first kappa shape index (κ1) is 22.3. The molecule has 0 unspecified atom stereocenters. The monoisotopic (exact) mass is 448 g/mol. The molecule has 5 heteroatoms. The van der Waals surface area contributed by atoms with E-state index in [1.807, 2.05) is 30.3 Å². The van der Waals surface area contributed by atoms with Crippen molar-refractivity contribution in [2.75, 3.05) is 52.5 Å². The van der Waals surface area contributed by atoms with E-state index in [9.17, 15) is 5.11 Å². The first-order valence-corrected chi connectivity index (χ1v) is 12.7. The summed E-state index contributed by atoms with van der Waals surface area (Å²) in [4.78, 5) is 4.96. The Morgan fingerprint density at radius 1 is 0.606 bits per heavy atom. The summed E-state index contributed by atoms with van der Waals surface area (Å²) < 4.78 is 12.1. The summed E-state index contributed by atoms with van der Waals surface area (Å²) >= 11 is 0. The zero-order valence-corrected chi connectivity index (χ0v) is 19.6. The van der Waals surface area contributed by atoms with Crippen molar-refractivity contribution in [2.45, 2.75) is 38.5 Å². The second-order valence-corrected chi connectivity index (χ2v) is 9.49. The Kier molecular flexibility index (Phi) is 7.18. The minimum atomic E-state index is 0.282. The topological polar surface area (TPSA) is 45.2 Å². The minimum absolute atomic E-state index is 0.282. The molecule has 2 aliphatic heterocycles. The van der Waals surface area contributed by atoms with Crippen LogP contribution in [0, 0.1) is 0 Å². The molecule has 0 spiro atoms. The van der Waals surface area contributed by atoms with Crippen molar-refractivity contribution in [3.05, 3.63) is 42.5 Å². The molecular weight excluding hydrogens is 412 g/mol. The van der Waals surface area contributed by atoms with Gasteiger partial charge in [-0.1, -0.05) is 18.9 Å². The molecule has 0 aromatic heterocycles. The number of phenols is 1. The Morgan fingerprint density at radius 3 is 1.76 bits per heavy atom. The molecule has 33 heavy (non-hydrogen) atoms. The van der Waals surface area contributed by atoms with Crippen molar-refractivity contribution >= 4 is 21.5 Å². The lowest BCUT2D eigenvalue weighted by Crippen LogP contribution is -2.33. The highest BCUT2D eigenvalue weighted by Gasteiger charge is 2.12. The van der Waals surface area contributed by atoms with Crippen molar-refractivity contribution in [1.82, 2.24) is 9.80 Å². The molecule has 0 atom stereocenters. The first-order valence-electron chi connectivity index (χ1n) is 12.7. The quantitative estimate of drug-likeness (QED) is 0.466. The highest BCUT2D eigenvalue weighted by atomic mass is 16.5. The SMILES string of the molecule is Oc1cc2cc(OCCN3CCCCC3)ccc2c2ccc(OCCN3CCCCC3)cc12. The summed E-state index contributed by atoms with van der Waals surface area (Å²) in [6, 6.07) is 14.1. The molecule has 2 saturated heterocycles. The standard InChI is InChI=1S/C28H36N2O3/c31-28-20-22-19-23(32-17-15-29-11-3-1-4-12-29)7-9-25(22)26-10-8-24(21-27(26)28)33-18-16-30-13-5-2-6-14-30/h7-10,19-21,31H,1-6,11-18H2. The van der Waals surface area contributed by atoms with Gasteiger partial charge in [0.05, 0.1) is 0 Å². The Morgan fingerprint density at radius 2 is 1.15 bits per heavy atom. The number of aromatic hydroxyl groups is 1. The Balaban J connectivity index is 1.25. The molecule has 5 nitrogen and oxygen atoms in total. The van der Waals surface area contributed by atoms with E-state index in [0.29, 0.717) is 13.2 Å². The molecule has 0 saturated carbocycles. The van der Waals surface area contributed by atoms with E-state index in [4.69, 9.17) is 9.47 Å². The molecule has 3 aromatic rings. The molecule has 1 N–H and O–H groups in total. The lowest BCUT2D eigenvalue weighted by molar-refractivity contribution is 0.183. The third-order valence-electron chi connectivity index (χ3n) is 7.12. The predicted molar refractivity (Wildman–Crippen MR) is 135 cm³/mol. The molecule has 3 aromatic carbocycles. The lowest BCUT2D eigenvalue weighted by atomic mass is 10.0. The zero-order valence-electron chi connectivity index (χ0n) is 19.6.